The molecule has 0 fully saturated rings. The minimum atomic E-state index is -2.20. The zero-order chi connectivity index (χ0) is 87.4. The maximum atomic E-state index is 14.6. The van der Waals surface area contributed by atoms with E-state index in [-0.39, 0.29) is 34.9 Å². The molecule has 9 amide bonds. The molecule has 51 heteroatoms. The summed E-state index contributed by atoms with van der Waals surface area (Å²) in [6.07, 6.45) is -36.0. The predicted molar refractivity (Wildman–Crippen MR) is 389 cm³/mol. The lowest BCUT2D eigenvalue weighted by molar-refractivity contribution is -0.142. The van der Waals surface area contributed by atoms with Crippen molar-refractivity contribution >= 4 is 110 Å². The van der Waals surface area contributed by atoms with E-state index in [2.05, 4.69) is 88.7 Å². The second-order valence-electron chi connectivity index (χ2n) is 26.2. The molecule has 0 spiro atoms. The molecule has 647 valence electrons. The molecule has 0 aliphatic rings. The molecule has 3 aromatic rings. The first-order chi connectivity index (χ1) is 54.5. The van der Waals surface area contributed by atoms with Crippen LogP contribution < -0.4 is 69.8 Å². The second-order valence-corrected chi connectivity index (χ2v) is 26.6. The number of aromatic nitrogens is 4. The van der Waals surface area contributed by atoms with Crippen molar-refractivity contribution < 1.29 is 164 Å². The average Bonchev–Trinajstić information content (AvgIpc) is 0.810. The number of aromatic amines is 1. The number of amides is 9. The average molecular weight is 1680 g/mol. The second kappa shape index (κ2) is 50.2. The van der Waals surface area contributed by atoms with Gasteiger partial charge < -0.3 is 161 Å². The van der Waals surface area contributed by atoms with Gasteiger partial charge in [0.05, 0.1) is 56.6 Å². The van der Waals surface area contributed by atoms with E-state index in [0.29, 0.717) is 5.69 Å². The van der Waals surface area contributed by atoms with Crippen molar-refractivity contribution in [2.75, 3.05) is 50.5 Å². The molecule has 1 aromatic carbocycles. The number of aliphatic carboxylic acids is 4. The molecule has 0 aliphatic carbocycles. The van der Waals surface area contributed by atoms with Gasteiger partial charge in [-0.2, -0.15) is 4.98 Å². The molecule has 0 saturated carbocycles. The van der Waals surface area contributed by atoms with E-state index >= 15 is 0 Å². The van der Waals surface area contributed by atoms with E-state index in [0.717, 1.165) is 0 Å². The van der Waals surface area contributed by atoms with Gasteiger partial charge in [-0.3, -0.25) is 72.6 Å². The van der Waals surface area contributed by atoms with Gasteiger partial charge in [0, 0.05) is 73.2 Å². The SMILES string of the molecule is Nc1nc2ncc(CNc3ccc(C(=O)N[C@H](CCC(=O)N[C@@H](CCC(=O)NC[C@H](O)[C@@H](O)[C@H](O)[C@H](O)CO)C(=O)N[C@H](CCC(=O)O)C(=O)N[C@@H](CCC(O)NC[C@H](O)[C@@H](O)[C@H](O)[C@H](O)CO)C(=O)N[C@H](CCC(=O)O)C(=O)N[C@@H](CCC(=O)NC[C@H](O)[C@@H](O)[C@H](O)[C@H](O)CO)C(=O)N[C@H](C[Si])C(=O)O)C(=O)O)cc3)nc2c(=O)[nH]1. The van der Waals surface area contributed by atoms with Gasteiger partial charge in [0.2, 0.25) is 53.2 Å². The number of aliphatic hydroxyl groups is 16. The molecule has 1 unspecified atom stereocenters. The number of aliphatic hydroxyl groups excluding tert-OH is 16. The van der Waals surface area contributed by atoms with Crippen LogP contribution in [-0.4, -0.2) is 371 Å². The van der Waals surface area contributed by atoms with Crippen LogP contribution >= 0.6 is 0 Å². The fourth-order valence-corrected chi connectivity index (χ4v) is 10.6. The molecule has 50 nitrogen and oxygen atoms in total. The number of hydrogen-bond acceptors (Lipinski definition) is 36. The molecule has 2 heterocycles. The Morgan fingerprint density at radius 1 is 0.431 bits per heavy atom. The number of carboxylic acid groups (broad SMARTS) is 4. The molecule has 3 rings (SSSR count). The number of H-pyrrole nitrogens is 1. The number of nitrogens with zero attached hydrogens (tertiary/aromatic N) is 3. The van der Waals surface area contributed by atoms with Crippen molar-refractivity contribution in [1.29, 1.82) is 0 Å². The van der Waals surface area contributed by atoms with Crippen LogP contribution in [0.2, 0.25) is 6.04 Å². The van der Waals surface area contributed by atoms with Gasteiger partial charge in [0.25, 0.3) is 11.5 Å². The first kappa shape index (κ1) is 99.9. The van der Waals surface area contributed by atoms with Crippen molar-refractivity contribution in [3.05, 3.63) is 52.1 Å². The fourth-order valence-electron chi connectivity index (χ4n) is 10.4. The number of carboxylic acids is 4. The van der Waals surface area contributed by atoms with E-state index < -0.39 is 327 Å². The van der Waals surface area contributed by atoms with E-state index in [9.17, 15) is 164 Å². The summed E-state index contributed by atoms with van der Waals surface area (Å²) in [5.74, 6) is -18.5. The number of nitrogen functional groups attached to an aromatic ring is 1. The van der Waals surface area contributed by atoms with Gasteiger partial charge in [0.15, 0.2) is 11.2 Å². The summed E-state index contributed by atoms with van der Waals surface area (Å²) in [6.45, 7) is -5.82. The number of benzene rings is 1. The molecule has 0 aliphatic heterocycles. The highest BCUT2D eigenvalue weighted by molar-refractivity contribution is 6.11. The summed E-state index contributed by atoms with van der Waals surface area (Å²) in [7, 11) is 2.94. The van der Waals surface area contributed by atoms with Crippen LogP contribution in [0.3, 0.4) is 0 Å². The van der Waals surface area contributed by atoms with E-state index in [1.165, 1.54) is 30.5 Å². The molecular weight excluding hydrogens is 1580 g/mol. The van der Waals surface area contributed by atoms with Crippen LogP contribution in [0.4, 0.5) is 11.6 Å². The number of nitrogens with one attached hydrogen (secondary N) is 12. The van der Waals surface area contributed by atoms with E-state index in [1.807, 2.05) is 0 Å². The number of hydrogen-bond donors (Lipinski definition) is 33. The van der Waals surface area contributed by atoms with Crippen LogP contribution in [0.1, 0.15) is 93.1 Å². The number of fused-ring (bicyclic) bond motifs is 1. The van der Waals surface area contributed by atoms with Crippen LogP contribution in [-0.2, 0) is 64.1 Å². The van der Waals surface area contributed by atoms with Crippen LogP contribution in [0.25, 0.3) is 11.2 Å². The number of carbonyl (C=O) groups excluding carboxylic acids is 9. The quantitative estimate of drug-likeness (QED) is 0.0184. The summed E-state index contributed by atoms with van der Waals surface area (Å²) in [6, 6.07) is -9.26. The zero-order valence-corrected chi connectivity index (χ0v) is 62.7. The van der Waals surface area contributed by atoms with E-state index in [4.69, 9.17) is 10.8 Å². The van der Waals surface area contributed by atoms with Crippen LogP contribution in [0.5, 0.6) is 0 Å². The lowest BCUT2D eigenvalue weighted by atomic mass is 10.0. The highest BCUT2D eigenvalue weighted by Gasteiger charge is 2.38. The smallest absolute Gasteiger partial charge is 0.326 e. The Kier molecular flexibility index (Phi) is 43.3. The zero-order valence-electron chi connectivity index (χ0n) is 61.7. The number of carbonyl (C=O) groups is 13. The Balaban J connectivity index is 2.05. The Morgan fingerprint density at radius 2 is 0.802 bits per heavy atom. The van der Waals surface area contributed by atoms with Gasteiger partial charge >= 0.3 is 23.9 Å². The standard InChI is InChI=1S/C65H99N16O34Si/c66-65-80-55-48(62(111)81-65)72-28(18-71-55)17-67-27-3-1-26(2-4-27)56(105)78-34(63(112)113)8-14-45(94)73-29(5-11-42(91)68-19-36(85)49(99)52(102)39(88)22-82)57(106)76-32(9-15-46(95)96)59(108)74-30(6-12-43(92)69-20-37(86)50(100)53(103)40(89)23-83)58(107)77-33(10-16-47(97)98)60(109)75-31(61(110)79-35(25-116)64(114)115)7-13-44(93)70-21-38(87)51(101)54(104)41(90)24-84/h1-4,18,29-41,43,49-54,67,69,82-90,92,99-104H,5-17,19-25H2,(H,68,91)(H,70,93)(H,73,94)(H,74,108)(H,75,109)(H,76,106)(H,77,107)(H,78,105)(H,79,110)(H,95,96)(H,97,98)(H,112,113)(H,114,115)(H3,66,71,80,81,111)/t29-,30-,31-,32+,33+,34+,35+,36-,37-,38-,39+,40+,41+,43?,49+,50+,51+,52+,53+,54+/m0/s1. The lowest BCUT2D eigenvalue weighted by Crippen LogP contribution is -2.59. The van der Waals surface area contributed by atoms with Gasteiger partial charge in [-0.15, -0.1) is 0 Å². The minimum Gasteiger partial charge on any atom is -0.481 e. The molecule has 116 heavy (non-hydrogen) atoms. The Hall–Kier alpha value is -10.3. The van der Waals surface area contributed by atoms with Gasteiger partial charge in [-0.05, 0) is 75.3 Å². The molecule has 2 aromatic heterocycles. The van der Waals surface area contributed by atoms with Crippen molar-refractivity contribution in [3.63, 3.8) is 0 Å². The van der Waals surface area contributed by atoms with Gasteiger partial charge in [-0.25, -0.2) is 14.8 Å². The Bertz CT molecular complexity index is 3820. The maximum absolute atomic E-state index is 14.6. The molecular formula is C65H99N16O34Si. The van der Waals surface area contributed by atoms with Crippen molar-refractivity contribution in [3.8, 4) is 0 Å². The third-order valence-electron chi connectivity index (χ3n) is 17.3. The number of nitrogens with two attached hydrogens (primary N) is 1. The van der Waals surface area contributed by atoms with E-state index in [1.54, 1.807) is 0 Å². The summed E-state index contributed by atoms with van der Waals surface area (Å²) in [4.78, 5) is 201. The Labute approximate surface area is 659 Å². The molecule has 0 saturated heterocycles. The monoisotopic (exact) mass is 1680 g/mol. The Morgan fingerprint density at radius 3 is 1.21 bits per heavy atom. The van der Waals surface area contributed by atoms with Gasteiger partial charge in [0.1, 0.15) is 103 Å². The number of rotatable bonds is 56. The first-order valence-corrected chi connectivity index (χ1v) is 36.2. The molecule has 0 bridgehead atoms. The molecule has 20 atom stereocenters. The van der Waals surface area contributed by atoms with Gasteiger partial charge in [-0.1, -0.05) is 0 Å². The lowest BCUT2D eigenvalue weighted by Gasteiger charge is -2.28. The summed E-state index contributed by atoms with van der Waals surface area (Å²) >= 11 is 0. The third kappa shape index (κ3) is 34.2. The largest absolute Gasteiger partial charge is 0.481 e. The van der Waals surface area contributed by atoms with Crippen LogP contribution in [0, 0.1) is 0 Å². The topological polar surface area (TPSA) is 856 Å². The summed E-state index contributed by atoms with van der Waals surface area (Å²) < 4.78 is 0. The highest BCUT2D eigenvalue weighted by atomic mass is 28.1. The molecule has 34 N–H and O–H groups in total. The van der Waals surface area contributed by atoms with Crippen molar-refractivity contribution in [1.82, 2.24) is 73.1 Å². The van der Waals surface area contributed by atoms with Crippen LogP contribution in [0.15, 0.2) is 35.3 Å². The first-order valence-electron chi connectivity index (χ1n) is 35.5. The predicted octanol–water partition coefficient (Wildman–Crippen LogP) is -15.0. The maximum Gasteiger partial charge on any atom is 0.326 e. The van der Waals surface area contributed by atoms with Crippen molar-refractivity contribution in [2.45, 2.75) is 211 Å². The highest BCUT2D eigenvalue weighted by Crippen LogP contribution is 2.17. The molecule has 3 radical (unpaired) electrons. The normalized spacial score (nSPS) is 16.7. The third-order valence-corrected chi connectivity index (χ3v) is 17.7. The fraction of sp³-hybridized carbons (Fsp3) is 0.615. The summed E-state index contributed by atoms with van der Waals surface area (Å²) in [5, 5.41) is 224. The number of anilines is 2. The van der Waals surface area contributed by atoms with Crippen molar-refractivity contribution in [2.24, 2.45) is 0 Å². The summed E-state index contributed by atoms with van der Waals surface area (Å²) in [5.41, 5.74) is 5.37. The minimum absolute atomic E-state index is 0.00462.